The van der Waals surface area contributed by atoms with E-state index >= 15 is 0 Å². The van der Waals surface area contributed by atoms with Gasteiger partial charge >= 0.3 is 0 Å². The molecule has 0 unspecified atom stereocenters. The summed E-state index contributed by atoms with van der Waals surface area (Å²) in [6.07, 6.45) is 1.04. The van der Waals surface area contributed by atoms with Crippen LogP contribution >= 0.6 is 11.6 Å². The van der Waals surface area contributed by atoms with Gasteiger partial charge in [0.25, 0.3) is 0 Å². The van der Waals surface area contributed by atoms with Crippen molar-refractivity contribution >= 4 is 28.4 Å². The zero-order chi connectivity index (χ0) is 20.9. The Bertz CT molecular complexity index is 1160. The Balaban J connectivity index is 1.41. The molecule has 4 rings (SSSR count). The topological polar surface area (TPSA) is 46.9 Å². The predicted molar refractivity (Wildman–Crippen MR) is 118 cm³/mol. The smallest absolute Gasteiger partial charge is 0.220 e. The van der Waals surface area contributed by atoms with Gasteiger partial charge in [0.05, 0.1) is 5.52 Å². The second-order valence-corrected chi connectivity index (χ2v) is 7.54. The lowest BCUT2D eigenvalue weighted by Crippen LogP contribution is -2.22. The second-order valence-electron chi connectivity index (χ2n) is 7.11. The number of nitrogens with zero attached hydrogens (tertiary/aromatic N) is 2. The van der Waals surface area contributed by atoms with Gasteiger partial charge < -0.3 is 5.32 Å². The highest BCUT2D eigenvalue weighted by Gasteiger charge is 2.13. The molecular formula is C24H21ClFN3O. The van der Waals surface area contributed by atoms with Crippen molar-refractivity contribution in [2.45, 2.75) is 25.9 Å². The molecule has 6 heteroatoms. The first-order valence-corrected chi connectivity index (χ1v) is 10.2. The average molecular weight is 422 g/mol. The average Bonchev–Trinajstić information content (AvgIpc) is 3.11. The van der Waals surface area contributed by atoms with E-state index in [2.05, 4.69) is 5.32 Å². The van der Waals surface area contributed by atoms with E-state index in [1.807, 2.05) is 53.2 Å². The van der Waals surface area contributed by atoms with Crippen molar-refractivity contribution in [3.8, 4) is 11.3 Å². The molecule has 0 aliphatic heterocycles. The van der Waals surface area contributed by atoms with Gasteiger partial charge in [0, 0.05) is 35.5 Å². The first-order valence-electron chi connectivity index (χ1n) is 9.83. The maximum Gasteiger partial charge on any atom is 0.220 e. The SMILES string of the molecule is O=C(CCCn1nc(-c2ccccc2)c2cc(Cl)ccc21)NCc1ccc(F)cc1. The predicted octanol–water partition coefficient (Wildman–Crippen LogP) is 5.59. The van der Waals surface area contributed by atoms with Gasteiger partial charge in [-0.05, 0) is 42.3 Å². The molecule has 4 aromatic rings. The lowest BCUT2D eigenvalue weighted by molar-refractivity contribution is -0.121. The van der Waals surface area contributed by atoms with Crippen molar-refractivity contribution < 1.29 is 9.18 Å². The number of carbonyl (C=O) groups is 1. The summed E-state index contributed by atoms with van der Waals surface area (Å²) in [6, 6.07) is 21.8. The van der Waals surface area contributed by atoms with Crippen LogP contribution in [0.5, 0.6) is 0 Å². The molecule has 0 bridgehead atoms. The summed E-state index contributed by atoms with van der Waals surface area (Å²) in [5.74, 6) is -0.324. The first-order chi connectivity index (χ1) is 14.6. The minimum Gasteiger partial charge on any atom is -0.352 e. The number of rotatable bonds is 7. The molecule has 0 spiro atoms. The number of nitrogens with one attached hydrogen (secondary N) is 1. The van der Waals surface area contributed by atoms with Gasteiger partial charge in [-0.2, -0.15) is 5.10 Å². The molecule has 3 aromatic carbocycles. The van der Waals surface area contributed by atoms with E-state index in [4.69, 9.17) is 16.7 Å². The lowest BCUT2D eigenvalue weighted by atomic mass is 10.1. The number of hydrogen-bond acceptors (Lipinski definition) is 2. The largest absolute Gasteiger partial charge is 0.352 e. The van der Waals surface area contributed by atoms with Gasteiger partial charge in [0.1, 0.15) is 11.5 Å². The van der Waals surface area contributed by atoms with Crippen LogP contribution in [0.2, 0.25) is 5.02 Å². The summed E-state index contributed by atoms with van der Waals surface area (Å²) in [4.78, 5) is 12.2. The molecule has 0 saturated carbocycles. The Morgan fingerprint density at radius 3 is 2.57 bits per heavy atom. The summed E-state index contributed by atoms with van der Waals surface area (Å²) in [5, 5.41) is 9.32. The number of hydrogen-bond donors (Lipinski definition) is 1. The van der Waals surface area contributed by atoms with Gasteiger partial charge in [0.15, 0.2) is 0 Å². The van der Waals surface area contributed by atoms with Gasteiger partial charge in [-0.3, -0.25) is 9.48 Å². The van der Waals surface area contributed by atoms with Crippen LogP contribution < -0.4 is 5.32 Å². The third-order valence-electron chi connectivity index (χ3n) is 4.94. The van der Waals surface area contributed by atoms with E-state index in [0.29, 0.717) is 31.0 Å². The van der Waals surface area contributed by atoms with E-state index in [9.17, 15) is 9.18 Å². The minimum atomic E-state index is -0.285. The molecule has 0 radical (unpaired) electrons. The molecule has 0 atom stereocenters. The lowest BCUT2D eigenvalue weighted by Gasteiger charge is -2.06. The molecule has 0 aliphatic carbocycles. The molecular weight excluding hydrogens is 401 g/mol. The van der Waals surface area contributed by atoms with Crippen LogP contribution in [0, 0.1) is 5.82 Å². The van der Waals surface area contributed by atoms with Gasteiger partial charge in [-0.1, -0.05) is 54.1 Å². The van der Waals surface area contributed by atoms with E-state index in [-0.39, 0.29) is 11.7 Å². The summed E-state index contributed by atoms with van der Waals surface area (Å²) in [7, 11) is 0. The van der Waals surface area contributed by atoms with Crippen LogP contribution in [0.15, 0.2) is 72.8 Å². The fourth-order valence-corrected chi connectivity index (χ4v) is 3.58. The van der Waals surface area contributed by atoms with E-state index in [1.54, 1.807) is 12.1 Å². The van der Waals surface area contributed by atoms with Crippen LogP contribution in [-0.2, 0) is 17.9 Å². The van der Waals surface area contributed by atoms with Crippen LogP contribution in [0.25, 0.3) is 22.2 Å². The zero-order valence-electron chi connectivity index (χ0n) is 16.3. The van der Waals surface area contributed by atoms with E-state index < -0.39 is 0 Å². The summed E-state index contributed by atoms with van der Waals surface area (Å²) < 4.78 is 14.9. The van der Waals surface area contributed by atoms with Crippen molar-refractivity contribution in [3.63, 3.8) is 0 Å². The fraction of sp³-hybridized carbons (Fsp3) is 0.167. The normalized spacial score (nSPS) is 11.0. The molecule has 1 aromatic heterocycles. The van der Waals surface area contributed by atoms with Crippen LogP contribution in [0.3, 0.4) is 0 Å². The quantitative estimate of drug-likeness (QED) is 0.422. The third-order valence-corrected chi connectivity index (χ3v) is 5.17. The molecule has 0 aliphatic rings. The maximum absolute atomic E-state index is 13.0. The third kappa shape index (κ3) is 4.69. The molecule has 0 fully saturated rings. The highest BCUT2D eigenvalue weighted by atomic mass is 35.5. The summed E-state index contributed by atoms with van der Waals surface area (Å²) in [5.41, 5.74) is 3.77. The summed E-state index contributed by atoms with van der Waals surface area (Å²) in [6.45, 7) is 1.01. The zero-order valence-corrected chi connectivity index (χ0v) is 17.1. The molecule has 1 heterocycles. The highest BCUT2D eigenvalue weighted by Crippen LogP contribution is 2.30. The van der Waals surface area contributed by atoms with Gasteiger partial charge in [-0.15, -0.1) is 0 Å². The maximum atomic E-state index is 13.0. The number of aromatic nitrogens is 2. The number of benzene rings is 3. The Labute approximate surface area is 179 Å². The monoisotopic (exact) mass is 421 g/mol. The Morgan fingerprint density at radius 2 is 1.80 bits per heavy atom. The molecule has 1 N–H and O–H groups in total. The standard InChI is InChI=1S/C24H21ClFN3O/c25-19-10-13-22-21(15-19)24(18-5-2-1-3-6-18)28-29(22)14-4-7-23(30)27-16-17-8-11-20(26)12-9-17/h1-3,5-6,8-13,15H,4,7,14,16H2,(H,27,30). The van der Waals surface area contributed by atoms with Crippen molar-refractivity contribution in [2.24, 2.45) is 0 Å². The van der Waals surface area contributed by atoms with Crippen LogP contribution in [0.1, 0.15) is 18.4 Å². The van der Waals surface area contributed by atoms with Gasteiger partial charge in [-0.25, -0.2) is 4.39 Å². The van der Waals surface area contributed by atoms with Crippen LogP contribution in [0.4, 0.5) is 4.39 Å². The van der Waals surface area contributed by atoms with Gasteiger partial charge in [0.2, 0.25) is 5.91 Å². The molecule has 0 saturated heterocycles. The number of aryl methyl sites for hydroxylation is 1. The van der Waals surface area contributed by atoms with Crippen molar-refractivity contribution in [3.05, 3.63) is 89.2 Å². The highest BCUT2D eigenvalue weighted by molar-refractivity contribution is 6.31. The van der Waals surface area contributed by atoms with E-state index in [1.165, 1.54) is 12.1 Å². The van der Waals surface area contributed by atoms with Crippen molar-refractivity contribution in [1.82, 2.24) is 15.1 Å². The molecule has 30 heavy (non-hydrogen) atoms. The Kier molecular flexibility index (Phi) is 6.10. The summed E-state index contributed by atoms with van der Waals surface area (Å²) >= 11 is 6.22. The Morgan fingerprint density at radius 1 is 1.03 bits per heavy atom. The van der Waals surface area contributed by atoms with Crippen molar-refractivity contribution in [2.75, 3.05) is 0 Å². The number of carbonyl (C=O) groups excluding carboxylic acids is 1. The van der Waals surface area contributed by atoms with E-state index in [0.717, 1.165) is 27.7 Å². The fourth-order valence-electron chi connectivity index (χ4n) is 3.41. The minimum absolute atomic E-state index is 0.0397. The molecule has 152 valence electrons. The number of fused-ring (bicyclic) bond motifs is 1. The second kappa shape index (κ2) is 9.09. The molecule has 1 amide bonds. The van der Waals surface area contributed by atoms with Crippen LogP contribution in [-0.4, -0.2) is 15.7 Å². The number of amides is 1. The molecule has 4 nitrogen and oxygen atoms in total. The first kappa shape index (κ1) is 20.1. The number of halogens is 2. The van der Waals surface area contributed by atoms with Crippen molar-refractivity contribution in [1.29, 1.82) is 0 Å². The Hall–Kier alpha value is -3.18.